The molecule has 0 unspecified atom stereocenters. The molecule has 0 aliphatic carbocycles. The van der Waals surface area contributed by atoms with Gasteiger partial charge in [0.2, 0.25) is 5.95 Å². The first-order valence-electron chi connectivity index (χ1n) is 5.11. The van der Waals surface area contributed by atoms with Crippen LogP contribution in [0, 0.1) is 20.8 Å². The van der Waals surface area contributed by atoms with Crippen LogP contribution in [0.1, 0.15) is 21.3 Å². The molecular weight excluding hydrogens is 220 g/mol. The van der Waals surface area contributed by atoms with Crippen LogP contribution in [0.3, 0.4) is 0 Å². The molecule has 1 N–H and O–H groups in total. The van der Waals surface area contributed by atoms with Crippen molar-refractivity contribution in [3.63, 3.8) is 0 Å². The second-order valence-electron chi connectivity index (χ2n) is 3.61. The summed E-state index contributed by atoms with van der Waals surface area (Å²) in [5.74, 6) is 0.657. The van der Waals surface area contributed by atoms with Gasteiger partial charge in [0.05, 0.1) is 17.2 Å². The van der Waals surface area contributed by atoms with Crippen molar-refractivity contribution in [2.75, 3.05) is 5.32 Å². The minimum Gasteiger partial charge on any atom is -0.349 e. The molecule has 0 atom stereocenters. The Balaban J connectivity index is 2.05. The number of thiazole rings is 1. The molecule has 0 aromatic carbocycles. The molecule has 0 saturated carbocycles. The van der Waals surface area contributed by atoms with Gasteiger partial charge in [-0.1, -0.05) is 0 Å². The maximum Gasteiger partial charge on any atom is 0.223 e. The van der Waals surface area contributed by atoms with E-state index >= 15 is 0 Å². The number of hydrogen-bond donors (Lipinski definition) is 1. The van der Waals surface area contributed by atoms with E-state index in [-0.39, 0.29) is 0 Å². The molecule has 0 fully saturated rings. The molecular formula is C11H14N4S. The van der Waals surface area contributed by atoms with Gasteiger partial charge in [-0.25, -0.2) is 15.0 Å². The van der Waals surface area contributed by atoms with Gasteiger partial charge in [0.25, 0.3) is 0 Å². The summed E-state index contributed by atoms with van der Waals surface area (Å²) in [7, 11) is 0. The molecule has 2 rings (SSSR count). The minimum absolute atomic E-state index is 0.657. The van der Waals surface area contributed by atoms with E-state index in [1.165, 1.54) is 4.88 Å². The Hall–Kier alpha value is -1.49. The number of anilines is 1. The lowest BCUT2D eigenvalue weighted by Gasteiger charge is -2.03. The van der Waals surface area contributed by atoms with Crippen molar-refractivity contribution < 1.29 is 0 Å². The molecule has 0 amide bonds. The van der Waals surface area contributed by atoms with E-state index in [4.69, 9.17) is 0 Å². The Morgan fingerprint density at radius 2 is 2.06 bits per heavy atom. The van der Waals surface area contributed by atoms with Crippen molar-refractivity contribution in [2.24, 2.45) is 0 Å². The lowest BCUT2D eigenvalue weighted by atomic mass is 10.4. The zero-order chi connectivity index (χ0) is 11.5. The van der Waals surface area contributed by atoms with Crippen molar-refractivity contribution in [2.45, 2.75) is 27.3 Å². The second-order valence-corrected chi connectivity index (χ2v) is 5.02. The SMILES string of the molecule is Cc1ccnc(NCc2nc(C)sc2C)n1. The third-order valence-corrected chi connectivity index (χ3v) is 3.14. The van der Waals surface area contributed by atoms with Crippen molar-refractivity contribution in [1.29, 1.82) is 0 Å². The summed E-state index contributed by atoms with van der Waals surface area (Å²) in [4.78, 5) is 14.1. The van der Waals surface area contributed by atoms with Gasteiger partial charge in [-0.15, -0.1) is 11.3 Å². The summed E-state index contributed by atoms with van der Waals surface area (Å²) >= 11 is 1.72. The maximum absolute atomic E-state index is 4.45. The lowest BCUT2D eigenvalue weighted by molar-refractivity contribution is 0.986. The highest BCUT2D eigenvalue weighted by atomic mass is 32.1. The first-order chi connectivity index (χ1) is 7.65. The molecule has 5 heteroatoms. The fourth-order valence-electron chi connectivity index (χ4n) is 1.43. The van der Waals surface area contributed by atoms with Gasteiger partial charge >= 0.3 is 0 Å². The Bertz CT molecular complexity index is 492. The Morgan fingerprint density at radius 1 is 1.25 bits per heavy atom. The zero-order valence-electron chi connectivity index (χ0n) is 9.61. The summed E-state index contributed by atoms with van der Waals surface area (Å²) in [6, 6.07) is 1.88. The molecule has 4 nitrogen and oxygen atoms in total. The topological polar surface area (TPSA) is 50.7 Å². The van der Waals surface area contributed by atoms with Crippen LogP contribution in [0.15, 0.2) is 12.3 Å². The summed E-state index contributed by atoms with van der Waals surface area (Å²) in [5.41, 5.74) is 2.04. The number of nitrogens with zero attached hydrogens (tertiary/aromatic N) is 3. The average Bonchev–Trinajstić information content (AvgIpc) is 2.54. The van der Waals surface area contributed by atoms with Crippen LogP contribution in [-0.2, 0) is 6.54 Å². The highest BCUT2D eigenvalue weighted by molar-refractivity contribution is 7.11. The maximum atomic E-state index is 4.45. The Kier molecular flexibility index (Phi) is 3.14. The van der Waals surface area contributed by atoms with Gasteiger partial charge in [0.15, 0.2) is 0 Å². The zero-order valence-corrected chi connectivity index (χ0v) is 10.4. The predicted molar refractivity (Wildman–Crippen MR) is 65.7 cm³/mol. The van der Waals surface area contributed by atoms with E-state index in [1.54, 1.807) is 17.5 Å². The van der Waals surface area contributed by atoms with Gasteiger partial charge in [0, 0.05) is 16.8 Å². The molecule has 0 spiro atoms. The monoisotopic (exact) mass is 234 g/mol. The highest BCUT2D eigenvalue weighted by Crippen LogP contribution is 2.16. The Labute approximate surface area is 98.8 Å². The minimum atomic E-state index is 0.657. The van der Waals surface area contributed by atoms with Crippen LogP contribution >= 0.6 is 11.3 Å². The van der Waals surface area contributed by atoms with Crippen LogP contribution in [-0.4, -0.2) is 15.0 Å². The highest BCUT2D eigenvalue weighted by Gasteiger charge is 2.05. The fraction of sp³-hybridized carbons (Fsp3) is 0.364. The standard InChI is InChI=1S/C11H14N4S/c1-7-4-5-12-11(14-7)13-6-10-8(2)16-9(3)15-10/h4-5H,6H2,1-3H3,(H,12,13,14). The number of nitrogens with one attached hydrogen (secondary N) is 1. The summed E-state index contributed by atoms with van der Waals surface area (Å²) in [6.45, 7) is 6.73. The van der Waals surface area contributed by atoms with Crippen molar-refractivity contribution in [1.82, 2.24) is 15.0 Å². The molecule has 84 valence electrons. The van der Waals surface area contributed by atoms with Gasteiger partial charge in [-0.05, 0) is 26.8 Å². The van der Waals surface area contributed by atoms with Gasteiger partial charge < -0.3 is 5.32 Å². The largest absolute Gasteiger partial charge is 0.349 e. The van der Waals surface area contributed by atoms with E-state index < -0.39 is 0 Å². The van der Waals surface area contributed by atoms with Crippen LogP contribution in [0.4, 0.5) is 5.95 Å². The molecule has 0 aliphatic rings. The van der Waals surface area contributed by atoms with Crippen molar-refractivity contribution in [3.05, 3.63) is 33.5 Å². The molecule has 0 radical (unpaired) electrons. The van der Waals surface area contributed by atoms with Crippen LogP contribution in [0.25, 0.3) is 0 Å². The van der Waals surface area contributed by atoms with Gasteiger partial charge in [-0.2, -0.15) is 0 Å². The van der Waals surface area contributed by atoms with Crippen molar-refractivity contribution in [3.8, 4) is 0 Å². The smallest absolute Gasteiger partial charge is 0.223 e. The van der Waals surface area contributed by atoms with Crippen LogP contribution in [0.2, 0.25) is 0 Å². The third kappa shape index (κ3) is 2.55. The molecule has 0 aliphatic heterocycles. The van der Waals surface area contributed by atoms with Gasteiger partial charge in [0.1, 0.15) is 0 Å². The summed E-state index contributed by atoms with van der Waals surface area (Å²) < 4.78 is 0. The van der Waals surface area contributed by atoms with Crippen LogP contribution < -0.4 is 5.32 Å². The molecule has 2 aromatic rings. The molecule has 2 heterocycles. The average molecular weight is 234 g/mol. The third-order valence-electron chi connectivity index (χ3n) is 2.21. The summed E-state index contributed by atoms with van der Waals surface area (Å²) in [5, 5.41) is 4.27. The van der Waals surface area contributed by atoms with E-state index in [0.29, 0.717) is 12.5 Å². The van der Waals surface area contributed by atoms with Crippen molar-refractivity contribution >= 4 is 17.3 Å². The Morgan fingerprint density at radius 3 is 2.69 bits per heavy atom. The molecule has 0 bridgehead atoms. The molecule has 16 heavy (non-hydrogen) atoms. The number of rotatable bonds is 3. The van der Waals surface area contributed by atoms with E-state index in [9.17, 15) is 0 Å². The number of aryl methyl sites for hydroxylation is 3. The molecule has 2 aromatic heterocycles. The number of hydrogen-bond acceptors (Lipinski definition) is 5. The molecule has 0 saturated heterocycles. The lowest BCUT2D eigenvalue weighted by Crippen LogP contribution is -2.05. The fourth-order valence-corrected chi connectivity index (χ4v) is 2.27. The van der Waals surface area contributed by atoms with Gasteiger partial charge in [-0.3, -0.25) is 0 Å². The van der Waals surface area contributed by atoms with E-state index in [2.05, 4.69) is 27.2 Å². The normalized spacial score (nSPS) is 10.4. The number of aromatic nitrogens is 3. The predicted octanol–water partition coefficient (Wildman–Crippen LogP) is 2.47. The van der Waals surface area contributed by atoms with E-state index in [0.717, 1.165) is 16.4 Å². The van der Waals surface area contributed by atoms with Crippen LogP contribution in [0.5, 0.6) is 0 Å². The first-order valence-corrected chi connectivity index (χ1v) is 5.93. The van der Waals surface area contributed by atoms with E-state index in [1.807, 2.05) is 19.9 Å². The first kappa shape index (κ1) is 11.0. The summed E-state index contributed by atoms with van der Waals surface area (Å²) in [6.07, 6.45) is 1.75. The quantitative estimate of drug-likeness (QED) is 0.886. The second kappa shape index (κ2) is 4.57.